The van der Waals surface area contributed by atoms with Crippen molar-refractivity contribution in [1.82, 2.24) is 5.32 Å². The Morgan fingerprint density at radius 2 is 2.00 bits per heavy atom. The molecule has 2 aliphatic carbocycles. The fourth-order valence-electron chi connectivity index (χ4n) is 4.25. The van der Waals surface area contributed by atoms with Crippen molar-refractivity contribution in [1.29, 1.82) is 0 Å². The third kappa shape index (κ3) is 3.86. The van der Waals surface area contributed by atoms with E-state index in [2.05, 4.69) is 5.32 Å². The Bertz CT molecular complexity index is 593. The van der Waals surface area contributed by atoms with Gasteiger partial charge in [-0.3, -0.25) is 4.79 Å². The number of ether oxygens (including phenoxy) is 1. The molecule has 0 spiro atoms. The van der Waals surface area contributed by atoms with Crippen LogP contribution in [0.25, 0.3) is 0 Å². The molecule has 2 aliphatic rings. The lowest BCUT2D eigenvalue weighted by Gasteiger charge is -2.45. The van der Waals surface area contributed by atoms with Gasteiger partial charge in [-0.2, -0.15) is 0 Å². The molecule has 0 aromatic heterocycles. The van der Waals surface area contributed by atoms with Gasteiger partial charge < -0.3 is 15.8 Å². The van der Waals surface area contributed by atoms with E-state index >= 15 is 0 Å². The summed E-state index contributed by atoms with van der Waals surface area (Å²) in [5, 5.41) is 3.76. The van der Waals surface area contributed by atoms with Crippen molar-refractivity contribution >= 4 is 17.5 Å². The maximum absolute atomic E-state index is 12.6. The molecule has 132 valence electrons. The number of rotatable bonds is 4. The highest BCUT2D eigenvalue weighted by Gasteiger charge is 2.40. The summed E-state index contributed by atoms with van der Waals surface area (Å²) in [5.74, 6) is 1.51. The molecule has 2 saturated carbocycles. The fourth-order valence-corrected chi connectivity index (χ4v) is 4.41. The minimum Gasteiger partial charge on any atom is -0.479 e. The van der Waals surface area contributed by atoms with Gasteiger partial charge in [0.1, 0.15) is 5.75 Å². The van der Waals surface area contributed by atoms with Crippen molar-refractivity contribution in [3.63, 3.8) is 0 Å². The molecule has 4 nitrogen and oxygen atoms in total. The van der Waals surface area contributed by atoms with Crippen LogP contribution in [0.5, 0.6) is 5.75 Å². The molecule has 1 aromatic carbocycles. The van der Waals surface area contributed by atoms with E-state index in [-0.39, 0.29) is 18.0 Å². The predicted molar refractivity (Wildman–Crippen MR) is 96.3 cm³/mol. The van der Waals surface area contributed by atoms with Crippen LogP contribution in [0.1, 0.15) is 44.6 Å². The number of nitrogens with one attached hydrogen (secondary N) is 1. The summed E-state index contributed by atoms with van der Waals surface area (Å²) in [7, 11) is 0. The van der Waals surface area contributed by atoms with Crippen LogP contribution < -0.4 is 15.8 Å². The monoisotopic (exact) mass is 350 g/mol. The molecule has 3 N–H and O–H groups in total. The van der Waals surface area contributed by atoms with E-state index in [0.717, 1.165) is 31.2 Å². The standard InChI is InChI=1S/C19H27ClN2O2/c1-11-6-7-16(20)17(8-11)24-12(2)19(23)22-18-13-4-3-5-14(18)10-15(21)9-13/h6-8,12-15,18H,3-5,9-10,21H2,1-2H3,(H,22,23). The number of aryl methyl sites for hydroxylation is 1. The van der Waals surface area contributed by atoms with Gasteiger partial charge in [0.2, 0.25) is 0 Å². The zero-order chi connectivity index (χ0) is 17.3. The van der Waals surface area contributed by atoms with E-state index in [4.69, 9.17) is 22.1 Å². The van der Waals surface area contributed by atoms with E-state index < -0.39 is 6.10 Å². The van der Waals surface area contributed by atoms with Crippen molar-refractivity contribution in [2.75, 3.05) is 0 Å². The largest absolute Gasteiger partial charge is 0.479 e. The van der Waals surface area contributed by atoms with Crippen molar-refractivity contribution in [3.05, 3.63) is 28.8 Å². The first-order chi connectivity index (χ1) is 11.4. The van der Waals surface area contributed by atoms with Crippen LogP contribution in [0.15, 0.2) is 18.2 Å². The quantitative estimate of drug-likeness (QED) is 0.874. The maximum Gasteiger partial charge on any atom is 0.261 e. The second-order valence-corrected chi connectivity index (χ2v) is 7.82. The van der Waals surface area contributed by atoms with Crippen LogP contribution in [0.3, 0.4) is 0 Å². The zero-order valence-electron chi connectivity index (χ0n) is 14.4. The summed E-state index contributed by atoms with van der Waals surface area (Å²) in [6.45, 7) is 3.75. The number of fused-ring (bicyclic) bond motifs is 2. The van der Waals surface area contributed by atoms with Crippen LogP contribution in [-0.4, -0.2) is 24.1 Å². The lowest BCUT2D eigenvalue weighted by molar-refractivity contribution is -0.129. The highest BCUT2D eigenvalue weighted by molar-refractivity contribution is 6.32. The number of carbonyl (C=O) groups is 1. The molecule has 0 radical (unpaired) electrons. The first-order valence-electron chi connectivity index (χ1n) is 8.93. The molecular weight excluding hydrogens is 324 g/mol. The molecule has 0 saturated heterocycles. The van der Waals surface area contributed by atoms with Gasteiger partial charge in [-0.05, 0) is 69.1 Å². The Labute approximate surface area is 149 Å². The number of nitrogens with two attached hydrogens (primary N) is 1. The Balaban J connectivity index is 1.63. The highest BCUT2D eigenvalue weighted by atomic mass is 35.5. The number of amides is 1. The summed E-state index contributed by atoms with van der Waals surface area (Å²) in [5.41, 5.74) is 7.21. The van der Waals surface area contributed by atoms with Crippen molar-refractivity contribution in [2.24, 2.45) is 17.6 Å². The molecule has 24 heavy (non-hydrogen) atoms. The normalized spacial score (nSPS) is 30.5. The van der Waals surface area contributed by atoms with Crippen LogP contribution in [0.4, 0.5) is 0 Å². The predicted octanol–water partition coefficient (Wildman–Crippen LogP) is 3.44. The smallest absolute Gasteiger partial charge is 0.261 e. The summed E-state index contributed by atoms with van der Waals surface area (Å²) < 4.78 is 5.80. The van der Waals surface area contributed by atoms with Crippen LogP contribution in [-0.2, 0) is 4.79 Å². The van der Waals surface area contributed by atoms with Gasteiger partial charge in [0.05, 0.1) is 5.02 Å². The fraction of sp³-hybridized carbons (Fsp3) is 0.632. The third-order valence-corrected chi connectivity index (χ3v) is 5.76. The average molecular weight is 351 g/mol. The lowest BCUT2D eigenvalue weighted by atomic mass is 9.67. The van der Waals surface area contributed by atoms with Crippen LogP contribution in [0, 0.1) is 18.8 Å². The van der Waals surface area contributed by atoms with Crippen molar-refractivity contribution in [3.8, 4) is 5.75 Å². The molecule has 3 atom stereocenters. The Kier molecular flexibility index (Phi) is 5.36. The minimum atomic E-state index is -0.569. The summed E-state index contributed by atoms with van der Waals surface area (Å²) in [4.78, 5) is 12.6. The Morgan fingerprint density at radius 1 is 1.33 bits per heavy atom. The zero-order valence-corrected chi connectivity index (χ0v) is 15.2. The van der Waals surface area contributed by atoms with Crippen molar-refractivity contribution < 1.29 is 9.53 Å². The van der Waals surface area contributed by atoms with E-state index in [1.807, 2.05) is 19.1 Å². The molecule has 1 amide bonds. The van der Waals surface area contributed by atoms with Crippen molar-refractivity contribution in [2.45, 2.75) is 64.1 Å². The summed E-state index contributed by atoms with van der Waals surface area (Å²) >= 11 is 6.16. The van der Waals surface area contributed by atoms with E-state index in [1.54, 1.807) is 13.0 Å². The Hall–Kier alpha value is -1.26. The second-order valence-electron chi connectivity index (χ2n) is 7.41. The SMILES string of the molecule is Cc1ccc(Cl)c(OC(C)C(=O)NC2C3CCCC2CC(N)C3)c1. The molecule has 0 heterocycles. The van der Waals surface area contributed by atoms with Gasteiger partial charge in [-0.1, -0.05) is 24.1 Å². The molecule has 3 unspecified atom stereocenters. The number of hydrogen-bond donors (Lipinski definition) is 2. The maximum atomic E-state index is 12.6. The molecule has 5 heteroatoms. The van der Waals surface area contributed by atoms with Crippen LogP contribution in [0.2, 0.25) is 5.02 Å². The lowest BCUT2D eigenvalue weighted by Crippen LogP contribution is -2.55. The molecule has 0 aliphatic heterocycles. The van der Waals surface area contributed by atoms with Gasteiger partial charge in [-0.25, -0.2) is 0 Å². The molecule has 2 bridgehead atoms. The molecular formula is C19H27ClN2O2. The number of halogens is 1. The molecule has 1 aromatic rings. The minimum absolute atomic E-state index is 0.0649. The van der Waals surface area contributed by atoms with Gasteiger partial charge in [0.25, 0.3) is 5.91 Å². The molecule has 2 fully saturated rings. The first-order valence-corrected chi connectivity index (χ1v) is 9.30. The second kappa shape index (κ2) is 7.32. The first kappa shape index (κ1) is 17.6. The van der Waals surface area contributed by atoms with Gasteiger partial charge in [-0.15, -0.1) is 0 Å². The van der Waals surface area contributed by atoms with E-state index in [9.17, 15) is 4.79 Å². The van der Waals surface area contributed by atoms with Gasteiger partial charge in [0.15, 0.2) is 6.10 Å². The number of benzene rings is 1. The van der Waals surface area contributed by atoms with Gasteiger partial charge in [0, 0.05) is 12.1 Å². The number of hydrogen-bond acceptors (Lipinski definition) is 3. The molecule has 3 rings (SSSR count). The topological polar surface area (TPSA) is 64.3 Å². The summed E-state index contributed by atoms with van der Waals surface area (Å²) in [6, 6.07) is 6.11. The highest BCUT2D eigenvalue weighted by Crippen LogP contribution is 2.39. The third-order valence-electron chi connectivity index (χ3n) is 5.45. The number of carbonyl (C=O) groups excluding carboxylic acids is 1. The van der Waals surface area contributed by atoms with Gasteiger partial charge >= 0.3 is 0 Å². The van der Waals surface area contributed by atoms with Crippen LogP contribution >= 0.6 is 11.6 Å². The average Bonchev–Trinajstić information content (AvgIpc) is 2.51. The summed E-state index contributed by atoms with van der Waals surface area (Å²) in [6.07, 6.45) is 5.03. The van der Waals surface area contributed by atoms with E-state index in [0.29, 0.717) is 22.6 Å². The Morgan fingerprint density at radius 3 is 2.67 bits per heavy atom. The van der Waals surface area contributed by atoms with E-state index in [1.165, 1.54) is 6.42 Å².